The Morgan fingerprint density at radius 2 is 1.42 bits per heavy atom. The third-order valence-corrected chi connectivity index (χ3v) is 4.06. The average Bonchev–Trinajstić information content (AvgIpc) is 2.47. The highest BCUT2D eigenvalue weighted by Gasteiger charge is 2.54. The summed E-state index contributed by atoms with van der Waals surface area (Å²) in [7, 11) is -5.94. The number of carbonyl (C=O) groups is 2. The summed E-state index contributed by atoms with van der Waals surface area (Å²) in [5.74, 6) is -3.30. The molecule has 0 fully saturated rings. The Hall–Kier alpha value is -2.07. The van der Waals surface area contributed by atoms with Crippen LogP contribution in [-0.2, 0) is 19.7 Å². The maximum absolute atomic E-state index is 13.0. The monoisotopic (exact) mass is 366 g/mol. The molecule has 134 valence electrons. The van der Waals surface area contributed by atoms with Crippen molar-refractivity contribution in [3.63, 3.8) is 0 Å². The van der Waals surface area contributed by atoms with E-state index in [0.717, 1.165) is 12.1 Å². The lowest BCUT2D eigenvalue weighted by Gasteiger charge is -2.20. The molecule has 1 aromatic carbocycles. The molecule has 0 aliphatic carbocycles. The van der Waals surface area contributed by atoms with Crippen molar-refractivity contribution in [3.8, 4) is 11.5 Å². The molecule has 0 aromatic heterocycles. The highest BCUT2D eigenvalue weighted by atomic mass is 32.2. The Morgan fingerprint density at radius 3 is 1.75 bits per heavy atom. The summed E-state index contributed by atoms with van der Waals surface area (Å²) in [5.41, 5.74) is -0.720. The minimum absolute atomic E-state index is 0.0860. The lowest BCUT2D eigenvalue weighted by molar-refractivity contribution is -0.151. The minimum atomic E-state index is -5.94. The standard InChI is InChI=1S/C14H16F2O7S/c1-4-13(2,3)11(17)22-9-5-7-10(8-6-9)23-12(18)14(15,16)24(19,20)21/h5-8H,4H2,1-3H3,(H,19,20,21). The third-order valence-electron chi connectivity index (χ3n) is 3.24. The fraction of sp³-hybridized carbons (Fsp3) is 0.429. The van der Waals surface area contributed by atoms with Gasteiger partial charge in [-0.05, 0) is 44.5 Å². The summed E-state index contributed by atoms with van der Waals surface area (Å²) in [6.45, 7) is 5.17. The lowest BCUT2D eigenvalue weighted by atomic mass is 9.91. The first-order valence-corrected chi connectivity index (χ1v) is 8.14. The lowest BCUT2D eigenvalue weighted by Crippen LogP contribution is -2.40. The zero-order chi connectivity index (χ0) is 18.8. The van der Waals surface area contributed by atoms with Gasteiger partial charge in [-0.1, -0.05) is 6.92 Å². The van der Waals surface area contributed by atoms with Crippen molar-refractivity contribution in [2.24, 2.45) is 5.41 Å². The van der Waals surface area contributed by atoms with Crippen LogP contribution in [0.25, 0.3) is 0 Å². The molecule has 0 aliphatic heterocycles. The number of benzene rings is 1. The zero-order valence-corrected chi connectivity index (χ0v) is 13.9. The number of halogens is 2. The Kier molecular flexibility index (Phi) is 5.67. The van der Waals surface area contributed by atoms with Gasteiger partial charge in [-0.3, -0.25) is 9.35 Å². The molecule has 1 rings (SSSR count). The molecule has 0 amide bonds. The van der Waals surface area contributed by atoms with Gasteiger partial charge in [0.05, 0.1) is 5.41 Å². The molecule has 1 N–H and O–H groups in total. The molecule has 0 saturated heterocycles. The number of carbonyl (C=O) groups excluding carboxylic acids is 2. The van der Waals surface area contributed by atoms with Crippen molar-refractivity contribution >= 4 is 22.1 Å². The maximum atomic E-state index is 13.0. The van der Waals surface area contributed by atoms with Crippen molar-refractivity contribution in [3.05, 3.63) is 24.3 Å². The first-order chi connectivity index (χ1) is 10.8. The Balaban J connectivity index is 2.83. The van der Waals surface area contributed by atoms with Crippen LogP contribution in [0.3, 0.4) is 0 Å². The molecule has 0 spiro atoms. The van der Waals surface area contributed by atoms with Gasteiger partial charge >= 0.3 is 27.3 Å². The van der Waals surface area contributed by atoms with Crippen LogP contribution in [0.2, 0.25) is 0 Å². The van der Waals surface area contributed by atoms with Crippen molar-refractivity contribution in [2.45, 2.75) is 32.4 Å². The van der Waals surface area contributed by atoms with E-state index in [0.29, 0.717) is 6.42 Å². The van der Waals surface area contributed by atoms with Crippen LogP contribution in [0.5, 0.6) is 11.5 Å². The van der Waals surface area contributed by atoms with E-state index < -0.39 is 38.5 Å². The second kappa shape index (κ2) is 6.81. The highest BCUT2D eigenvalue weighted by molar-refractivity contribution is 7.87. The van der Waals surface area contributed by atoms with E-state index in [-0.39, 0.29) is 5.75 Å². The van der Waals surface area contributed by atoms with E-state index in [1.54, 1.807) is 20.8 Å². The van der Waals surface area contributed by atoms with Gasteiger partial charge in [0, 0.05) is 0 Å². The summed E-state index contributed by atoms with van der Waals surface area (Å²) in [6.07, 6.45) is 0.534. The fourth-order valence-electron chi connectivity index (χ4n) is 1.24. The molecule has 0 aliphatic rings. The molecule has 24 heavy (non-hydrogen) atoms. The quantitative estimate of drug-likeness (QED) is 0.468. The van der Waals surface area contributed by atoms with Crippen LogP contribution in [0.1, 0.15) is 27.2 Å². The van der Waals surface area contributed by atoms with E-state index in [2.05, 4.69) is 4.74 Å². The highest BCUT2D eigenvalue weighted by Crippen LogP contribution is 2.27. The van der Waals surface area contributed by atoms with E-state index in [9.17, 15) is 26.8 Å². The second-order valence-electron chi connectivity index (χ2n) is 5.48. The van der Waals surface area contributed by atoms with Gasteiger partial charge in [-0.15, -0.1) is 0 Å². The molecule has 1 aromatic rings. The number of hydrogen-bond acceptors (Lipinski definition) is 6. The maximum Gasteiger partial charge on any atom is 0.466 e. The molecule has 0 bridgehead atoms. The van der Waals surface area contributed by atoms with Gasteiger partial charge in [-0.25, -0.2) is 4.79 Å². The normalized spacial score (nSPS) is 12.6. The van der Waals surface area contributed by atoms with Crippen LogP contribution < -0.4 is 9.47 Å². The molecule has 0 heterocycles. The van der Waals surface area contributed by atoms with Gasteiger partial charge in [0.1, 0.15) is 11.5 Å². The summed E-state index contributed by atoms with van der Waals surface area (Å²) >= 11 is 0. The van der Waals surface area contributed by atoms with E-state index >= 15 is 0 Å². The van der Waals surface area contributed by atoms with Gasteiger partial charge in [-0.2, -0.15) is 17.2 Å². The first kappa shape index (κ1) is 20.0. The SMILES string of the molecule is CCC(C)(C)C(=O)Oc1ccc(OC(=O)C(F)(F)S(=O)(=O)O)cc1. The van der Waals surface area contributed by atoms with E-state index in [1.807, 2.05) is 0 Å². The average molecular weight is 366 g/mol. The van der Waals surface area contributed by atoms with Crippen LogP contribution in [0.15, 0.2) is 24.3 Å². The van der Waals surface area contributed by atoms with Crippen LogP contribution >= 0.6 is 0 Å². The summed E-state index contributed by atoms with van der Waals surface area (Å²) < 4.78 is 64.5. The molecule has 10 heteroatoms. The van der Waals surface area contributed by atoms with E-state index in [1.165, 1.54) is 12.1 Å². The minimum Gasteiger partial charge on any atom is -0.426 e. The molecule has 0 radical (unpaired) electrons. The fourth-order valence-corrected chi connectivity index (χ4v) is 1.49. The summed E-state index contributed by atoms with van der Waals surface area (Å²) in [5, 5.41) is -5.09. The van der Waals surface area contributed by atoms with Crippen molar-refractivity contribution in [1.29, 1.82) is 0 Å². The number of esters is 2. The topological polar surface area (TPSA) is 107 Å². The number of hydrogen-bond donors (Lipinski definition) is 1. The van der Waals surface area contributed by atoms with Crippen molar-refractivity contribution in [1.82, 2.24) is 0 Å². The van der Waals surface area contributed by atoms with Gasteiger partial charge < -0.3 is 9.47 Å². The van der Waals surface area contributed by atoms with Crippen LogP contribution in [-0.4, -0.2) is 30.2 Å². The molecule has 0 atom stereocenters. The van der Waals surface area contributed by atoms with Crippen molar-refractivity contribution < 1.29 is 40.8 Å². The second-order valence-corrected chi connectivity index (χ2v) is 6.94. The number of rotatable bonds is 6. The number of ether oxygens (including phenoxy) is 2. The molecular weight excluding hydrogens is 350 g/mol. The largest absolute Gasteiger partial charge is 0.466 e. The summed E-state index contributed by atoms with van der Waals surface area (Å²) in [4.78, 5) is 23.0. The Morgan fingerprint density at radius 1 is 1.04 bits per heavy atom. The van der Waals surface area contributed by atoms with Gasteiger partial charge in [0.2, 0.25) is 0 Å². The predicted molar refractivity (Wildman–Crippen MR) is 78.3 cm³/mol. The van der Waals surface area contributed by atoms with Gasteiger partial charge in [0.15, 0.2) is 0 Å². The van der Waals surface area contributed by atoms with Crippen LogP contribution in [0.4, 0.5) is 8.78 Å². The molecular formula is C14H16F2O7S. The smallest absolute Gasteiger partial charge is 0.426 e. The molecule has 0 unspecified atom stereocenters. The zero-order valence-electron chi connectivity index (χ0n) is 13.1. The predicted octanol–water partition coefficient (Wildman–Crippen LogP) is 2.41. The molecule has 0 saturated carbocycles. The Bertz CT molecular complexity index is 724. The van der Waals surface area contributed by atoms with Crippen molar-refractivity contribution in [2.75, 3.05) is 0 Å². The first-order valence-electron chi connectivity index (χ1n) is 6.70. The van der Waals surface area contributed by atoms with Gasteiger partial charge in [0.25, 0.3) is 0 Å². The summed E-state index contributed by atoms with van der Waals surface area (Å²) in [6, 6.07) is 4.41. The third kappa shape index (κ3) is 4.48. The van der Waals surface area contributed by atoms with E-state index in [4.69, 9.17) is 9.29 Å². The van der Waals surface area contributed by atoms with Crippen LogP contribution in [0, 0.1) is 5.41 Å². The Labute approximate surface area is 137 Å². The molecule has 7 nitrogen and oxygen atoms in total. The number of alkyl halides is 2.